The van der Waals surface area contributed by atoms with E-state index in [1.807, 2.05) is 60.7 Å². The molecule has 3 aromatic heterocycles. The fraction of sp³-hybridized carbons (Fsp3) is 0.229. The van der Waals surface area contributed by atoms with Crippen LogP contribution in [-0.2, 0) is 0 Å². The Morgan fingerprint density at radius 2 is 1.51 bits per heavy atom. The molecule has 0 spiro atoms. The maximum absolute atomic E-state index is 13.3. The van der Waals surface area contributed by atoms with Crippen LogP contribution in [0.2, 0.25) is 0 Å². The summed E-state index contributed by atoms with van der Waals surface area (Å²) < 4.78 is 6.11. The molecule has 43 heavy (non-hydrogen) atoms. The fourth-order valence-electron chi connectivity index (χ4n) is 5.47. The summed E-state index contributed by atoms with van der Waals surface area (Å²) in [5, 5.41) is 6.80. The van der Waals surface area contributed by atoms with Crippen molar-refractivity contribution in [1.82, 2.24) is 20.3 Å². The average molecular weight is 572 g/mol. The van der Waals surface area contributed by atoms with Gasteiger partial charge in [-0.2, -0.15) is 0 Å². The number of fused-ring (bicyclic) bond motifs is 1. The Balaban J connectivity index is 1.15. The zero-order chi connectivity index (χ0) is 29.4. The van der Waals surface area contributed by atoms with Crippen LogP contribution >= 0.6 is 0 Å². The molecule has 0 atom stereocenters. The van der Waals surface area contributed by atoms with E-state index >= 15 is 0 Å². The summed E-state index contributed by atoms with van der Waals surface area (Å²) in [6, 6.07) is 25.2. The smallest absolute Gasteiger partial charge is 0.259 e. The molecule has 2 aromatic carbocycles. The van der Waals surface area contributed by atoms with Gasteiger partial charge in [-0.1, -0.05) is 49.6 Å². The summed E-state index contributed by atoms with van der Waals surface area (Å²) >= 11 is 0. The van der Waals surface area contributed by atoms with E-state index in [2.05, 4.69) is 25.6 Å². The molecule has 1 aliphatic rings. The van der Waals surface area contributed by atoms with Gasteiger partial charge < -0.3 is 15.4 Å². The van der Waals surface area contributed by atoms with Crippen molar-refractivity contribution in [3.63, 3.8) is 0 Å². The molecule has 6 rings (SSSR count). The van der Waals surface area contributed by atoms with Crippen molar-refractivity contribution in [3.05, 3.63) is 126 Å². The molecule has 8 nitrogen and oxygen atoms in total. The number of hydrogen-bond donors (Lipinski definition) is 2. The monoisotopic (exact) mass is 571 g/mol. The molecule has 216 valence electrons. The Bertz CT molecular complexity index is 1670. The van der Waals surface area contributed by atoms with Gasteiger partial charge in [-0.15, -0.1) is 0 Å². The maximum atomic E-state index is 13.3. The number of benzene rings is 2. The van der Waals surface area contributed by atoms with E-state index in [9.17, 15) is 9.59 Å². The zero-order valence-corrected chi connectivity index (χ0v) is 23.8. The van der Waals surface area contributed by atoms with Crippen molar-refractivity contribution in [2.75, 3.05) is 11.9 Å². The van der Waals surface area contributed by atoms with E-state index < -0.39 is 6.04 Å². The minimum atomic E-state index is -0.516. The first-order valence-electron chi connectivity index (χ1n) is 14.7. The molecule has 0 saturated heterocycles. The second-order valence-corrected chi connectivity index (χ2v) is 10.8. The molecule has 1 saturated carbocycles. The second kappa shape index (κ2) is 13.2. The molecule has 8 heteroatoms. The highest BCUT2D eigenvalue weighted by atomic mass is 16.5. The number of hydrogen-bond acceptors (Lipinski definition) is 6. The van der Waals surface area contributed by atoms with Gasteiger partial charge in [0.2, 0.25) is 0 Å². The van der Waals surface area contributed by atoms with E-state index in [1.54, 1.807) is 36.7 Å². The van der Waals surface area contributed by atoms with E-state index in [0.29, 0.717) is 52.0 Å². The van der Waals surface area contributed by atoms with Crippen LogP contribution in [0, 0.1) is 5.92 Å². The number of aromatic nitrogens is 3. The third kappa shape index (κ3) is 6.86. The summed E-state index contributed by atoms with van der Waals surface area (Å²) in [6.45, 7) is 0.630. The van der Waals surface area contributed by atoms with Crippen molar-refractivity contribution in [2.45, 2.75) is 38.1 Å². The molecule has 2 amide bonds. The number of carbonyl (C=O) groups is 2. The molecule has 0 radical (unpaired) electrons. The minimum absolute atomic E-state index is 0.246. The molecule has 2 N–H and O–H groups in total. The molecule has 1 fully saturated rings. The van der Waals surface area contributed by atoms with Crippen LogP contribution in [0.5, 0.6) is 5.75 Å². The van der Waals surface area contributed by atoms with Crippen molar-refractivity contribution in [3.8, 4) is 5.75 Å². The van der Waals surface area contributed by atoms with Gasteiger partial charge in [0.15, 0.2) is 0 Å². The second-order valence-electron chi connectivity index (χ2n) is 10.8. The van der Waals surface area contributed by atoms with Gasteiger partial charge >= 0.3 is 0 Å². The van der Waals surface area contributed by atoms with Crippen LogP contribution in [-0.4, -0.2) is 33.4 Å². The van der Waals surface area contributed by atoms with Gasteiger partial charge in [-0.25, -0.2) is 0 Å². The highest BCUT2D eigenvalue weighted by Gasteiger charge is 2.21. The predicted molar refractivity (Wildman–Crippen MR) is 166 cm³/mol. The molecule has 0 aliphatic heterocycles. The molecule has 0 unspecified atom stereocenters. The third-order valence-corrected chi connectivity index (χ3v) is 7.78. The van der Waals surface area contributed by atoms with Gasteiger partial charge in [0, 0.05) is 29.7 Å². The van der Waals surface area contributed by atoms with Gasteiger partial charge in [-0.05, 0) is 73.4 Å². The van der Waals surface area contributed by atoms with Crippen LogP contribution in [0.3, 0.4) is 0 Å². The summed E-state index contributed by atoms with van der Waals surface area (Å²) in [6.07, 6.45) is 11.1. The van der Waals surface area contributed by atoms with Crippen LogP contribution in [0.25, 0.3) is 10.9 Å². The molecule has 0 bridgehead atoms. The number of nitrogens with one attached hydrogen (secondary N) is 2. The first-order chi connectivity index (χ1) is 21.1. The molecular weight excluding hydrogens is 538 g/mol. The Morgan fingerprint density at radius 3 is 2.23 bits per heavy atom. The highest BCUT2D eigenvalue weighted by molar-refractivity contribution is 6.07. The quantitative estimate of drug-likeness (QED) is 0.203. The number of carbonyl (C=O) groups excluding carboxylic acids is 2. The Hall–Kier alpha value is -5.11. The number of ether oxygens (including phenoxy) is 1. The minimum Gasteiger partial charge on any atom is -0.492 e. The Kier molecular flexibility index (Phi) is 8.64. The maximum Gasteiger partial charge on any atom is 0.259 e. The SMILES string of the molecule is O=C(NC(c1ccccn1)c1ccccn1)c1cnc2cc(NC(=O)c3ccccc3OCC3CCCCC3)ccc2c1. The van der Waals surface area contributed by atoms with Crippen LogP contribution in [0.15, 0.2) is 104 Å². The lowest BCUT2D eigenvalue weighted by atomic mass is 9.90. The first kappa shape index (κ1) is 28.0. The number of para-hydroxylation sites is 1. The number of rotatable bonds is 9. The first-order valence-corrected chi connectivity index (χ1v) is 14.7. The van der Waals surface area contributed by atoms with E-state index in [-0.39, 0.29) is 11.8 Å². The number of pyridine rings is 3. The fourth-order valence-corrected chi connectivity index (χ4v) is 5.47. The average Bonchev–Trinajstić information content (AvgIpc) is 3.07. The van der Waals surface area contributed by atoms with E-state index in [0.717, 1.165) is 5.39 Å². The molecule has 3 heterocycles. The molecular formula is C35H33N5O3. The molecule has 1 aliphatic carbocycles. The topological polar surface area (TPSA) is 106 Å². The Morgan fingerprint density at radius 1 is 0.791 bits per heavy atom. The van der Waals surface area contributed by atoms with Crippen LogP contribution in [0.1, 0.15) is 70.2 Å². The van der Waals surface area contributed by atoms with Gasteiger partial charge in [0.1, 0.15) is 11.8 Å². The van der Waals surface area contributed by atoms with Crippen molar-refractivity contribution >= 4 is 28.4 Å². The van der Waals surface area contributed by atoms with Gasteiger partial charge in [-0.3, -0.25) is 24.5 Å². The molecule has 5 aromatic rings. The normalized spacial score (nSPS) is 13.5. The largest absolute Gasteiger partial charge is 0.492 e. The lowest BCUT2D eigenvalue weighted by Crippen LogP contribution is -2.30. The van der Waals surface area contributed by atoms with Crippen molar-refractivity contribution in [2.24, 2.45) is 5.92 Å². The van der Waals surface area contributed by atoms with E-state index in [4.69, 9.17) is 4.74 Å². The summed E-state index contributed by atoms with van der Waals surface area (Å²) in [7, 11) is 0. The van der Waals surface area contributed by atoms with E-state index in [1.165, 1.54) is 38.3 Å². The van der Waals surface area contributed by atoms with Crippen LogP contribution in [0.4, 0.5) is 5.69 Å². The summed E-state index contributed by atoms with van der Waals surface area (Å²) in [5.41, 5.74) is 3.53. The zero-order valence-electron chi connectivity index (χ0n) is 23.8. The standard InChI is InChI=1S/C35H33N5O3/c41-34(40-33(29-13-6-8-18-36-29)30-14-7-9-19-37-30)26-20-25-16-17-27(21-31(25)38-22-26)39-35(42)28-12-4-5-15-32(28)43-23-24-10-2-1-3-11-24/h4-9,12-22,24,33H,1-3,10-11,23H2,(H,39,42)(H,40,41). The predicted octanol–water partition coefficient (Wildman–Crippen LogP) is 6.76. The van der Waals surface area contributed by atoms with Gasteiger partial charge in [0.25, 0.3) is 11.8 Å². The highest BCUT2D eigenvalue weighted by Crippen LogP contribution is 2.27. The number of nitrogens with zero attached hydrogens (tertiary/aromatic N) is 3. The third-order valence-electron chi connectivity index (χ3n) is 7.78. The van der Waals surface area contributed by atoms with Crippen LogP contribution < -0.4 is 15.4 Å². The number of anilines is 1. The van der Waals surface area contributed by atoms with Crippen molar-refractivity contribution < 1.29 is 14.3 Å². The summed E-state index contributed by atoms with van der Waals surface area (Å²) in [5.74, 6) is 0.594. The lowest BCUT2D eigenvalue weighted by molar-refractivity contribution is 0.0940. The number of amides is 2. The Labute approximate surface area is 250 Å². The summed E-state index contributed by atoms with van der Waals surface area (Å²) in [4.78, 5) is 39.9. The lowest BCUT2D eigenvalue weighted by Gasteiger charge is -2.22. The van der Waals surface area contributed by atoms with Gasteiger partial charge in [0.05, 0.1) is 34.6 Å². The van der Waals surface area contributed by atoms with Crippen molar-refractivity contribution in [1.29, 1.82) is 0 Å².